The van der Waals surface area contributed by atoms with E-state index in [1.54, 1.807) is 0 Å². The molecule has 7 heavy (non-hydrogen) atoms. The van der Waals surface area contributed by atoms with Gasteiger partial charge in [-0.15, -0.1) is 0 Å². The average molecular weight is 101 g/mol. The molecule has 0 amide bonds. The van der Waals surface area contributed by atoms with Crippen molar-refractivity contribution in [3.63, 3.8) is 0 Å². The second-order valence-electron chi connectivity index (χ2n) is 0.946. The Morgan fingerprint density at radius 2 is 2.14 bits per heavy atom. The second kappa shape index (κ2) is 5.50. The SMILES string of the molecule is [CH2]OCCOC=C. The Morgan fingerprint density at radius 1 is 1.43 bits per heavy atom. The van der Waals surface area contributed by atoms with E-state index in [1.807, 2.05) is 0 Å². The first-order valence-electron chi connectivity index (χ1n) is 2.01. The Labute approximate surface area is 43.7 Å². The van der Waals surface area contributed by atoms with E-state index in [9.17, 15) is 0 Å². The van der Waals surface area contributed by atoms with Crippen LogP contribution in [0.1, 0.15) is 0 Å². The van der Waals surface area contributed by atoms with Crippen molar-refractivity contribution in [1.29, 1.82) is 0 Å². The fourth-order valence-electron chi connectivity index (χ4n) is 0.190. The van der Waals surface area contributed by atoms with Crippen molar-refractivity contribution < 1.29 is 9.47 Å². The molecule has 0 heterocycles. The van der Waals surface area contributed by atoms with Crippen LogP contribution in [0.25, 0.3) is 0 Å². The fourth-order valence-corrected chi connectivity index (χ4v) is 0.190. The van der Waals surface area contributed by atoms with E-state index in [0.29, 0.717) is 13.2 Å². The summed E-state index contributed by atoms with van der Waals surface area (Å²) in [5, 5.41) is 0. The summed E-state index contributed by atoms with van der Waals surface area (Å²) in [4.78, 5) is 0. The van der Waals surface area contributed by atoms with Crippen molar-refractivity contribution in [1.82, 2.24) is 0 Å². The summed E-state index contributed by atoms with van der Waals surface area (Å²) in [6, 6.07) is 0. The molecule has 0 saturated heterocycles. The van der Waals surface area contributed by atoms with E-state index in [4.69, 9.17) is 0 Å². The van der Waals surface area contributed by atoms with E-state index in [0.717, 1.165) is 0 Å². The Bertz CT molecular complexity index is 43.3. The van der Waals surface area contributed by atoms with Gasteiger partial charge in [-0.3, -0.25) is 0 Å². The molecule has 0 bridgehead atoms. The lowest BCUT2D eigenvalue weighted by molar-refractivity contribution is 0.146. The van der Waals surface area contributed by atoms with Crippen LogP contribution in [0, 0.1) is 7.11 Å². The Kier molecular flexibility index (Phi) is 5.11. The number of rotatable bonds is 4. The van der Waals surface area contributed by atoms with Crippen LogP contribution in [-0.4, -0.2) is 13.2 Å². The third-order valence-corrected chi connectivity index (χ3v) is 0.463. The van der Waals surface area contributed by atoms with Gasteiger partial charge in [-0.1, -0.05) is 6.58 Å². The highest BCUT2D eigenvalue weighted by Crippen LogP contribution is 1.73. The van der Waals surface area contributed by atoms with Gasteiger partial charge in [0.1, 0.15) is 6.61 Å². The average Bonchev–Trinajstić information content (AvgIpc) is 1.69. The standard InChI is InChI=1S/C5H9O2/c1-3-7-5-4-6-2/h3H,1-2,4-5H2. The molecule has 2 heteroatoms. The van der Waals surface area contributed by atoms with E-state index in [1.165, 1.54) is 6.26 Å². The molecule has 0 unspecified atom stereocenters. The van der Waals surface area contributed by atoms with Gasteiger partial charge in [-0.2, -0.15) is 0 Å². The molecule has 0 spiro atoms. The zero-order valence-electron chi connectivity index (χ0n) is 4.22. The van der Waals surface area contributed by atoms with Gasteiger partial charge in [-0.25, -0.2) is 0 Å². The molecular formula is C5H9O2. The van der Waals surface area contributed by atoms with Crippen molar-refractivity contribution in [2.75, 3.05) is 13.2 Å². The van der Waals surface area contributed by atoms with Gasteiger partial charge in [0.25, 0.3) is 0 Å². The quantitative estimate of drug-likeness (QED) is 0.388. The van der Waals surface area contributed by atoms with Crippen LogP contribution < -0.4 is 0 Å². The van der Waals surface area contributed by atoms with Crippen LogP contribution in [0.2, 0.25) is 0 Å². The van der Waals surface area contributed by atoms with Crippen LogP contribution in [-0.2, 0) is 9.47 Å². The lowest BCUT2D eigenvalue weighted by Crippen LogP contribution is -1.94. The van der Waals surface area contributed by atoms with E-state index < -0.39 is 0 Å². The molecule has 1 radical (unpaired) electrons. The minimum Gasteiger partial charge on any atom is -0.499 e. The molecule has 0 aliphatic heterocycles. The molecule has 0 rings (SSSR count). The molecule has 0 atom stereocenters. The molecule has 41 valence electrons. The Balaban J connectivity index is 2.56. The predicted octanol–water partition coefficient (Wildman–Crippen LogP) is 0.955. The van der Waals surface area contributed by atoms with Crippen molar-refractivity contribution in [2.24, 2.45) is 0 Å². The molecule has 0 aromatic carbocycles. The predicted molar refractivity (Wildman–Crippen MR) is 27.5 cm³/mol. The Morgan fingerprint density at radius 3 is 2.57 bits per heavy atom. The van der Waals surface area contributed by atoms with Gasteiger partial charge in [-0.05, 0) is 0 Å². The summed E-state index contributed by atoms with van der Waals surface area (Å²) in [6.45, 7) is 4.39. The number of ether oxygens (including phenoxy) is 2. The molecule has 0 aliphatic rings. The summed E-state index contributed by atoms with van der Waals surface area (Å²) in [5.41, 5.74) is 0. The lowest BCUT2D eigenvalue weighted by atomic mass is 10.8. The van der Waals surface area contributed by atoms with Gasteiger partial charge < -0.3 is 9.47 Å². The molecular weight excluding hydrogens is 92.1 g/mol. The molecule has 0 aromatic heterocycles. The van der Waals surface area contributed by atoms with Crippen molar-refractivity contribution in [3.05, 3.63) is 20.0 Å². The smallest absolute Gasteiger partial charge is 0.111 e. The van der Waals surface area contributed by atoms with Gasteiger partial charge in [0.15, 0.2) is 0 Å². The van der Waals surface area contributed by atoms with Gasteiger partial charge >= 0.3 is 0 Å². The van der Waals surface area contributed by atoms with Crippen LogP contribution >= 0.6 is 0 Å². The highest BCUT2D eigenvalue weighted by molar-refractivity contribution is 4.47. The maximum absolute atomic E-state index is 4.67. The molecule has 0 N–H and O–H groups in total. The summed E-state index contributed by atoms with van der Waals surface area (Å²) < 4.78 is 9.09. The minimum absolute atomic E-state index is 0.520. The highest BCUT2D eigenvalue weighted by atomic mass is 16.5. The van der Waals surface area contributed by atoms with Crippen molar-refractivity contribution >= 4 is 0 Å². The van der Waals surface area contributed by atoms with Crippen molar-refractivity contribution in [3.8, 4) is 0 Å². The van der Waals surface area contributed by atoms with Gasteiger partial charge in [0, 0.05) is 0 Å². The third-order valence-electron chi connectivity index (χ3n) is 0.463. The normalized spacial score (nSPS) is 8.14. The maximum atomic E-state index is 4.67. The largest absolute Gasteiger partial charge is 0.499 e. The third kappa shape index (κ3) is 5.50. The number of hydrogen-bond donors (Lipinski definition) is 0. The minimum atomic E-state index is 0.520. The fraction of sp³-hybridized carbons (Fsp3) is 0.400. The van der Waals surface area contributed by atoms with Crippen LogP contribution in [0.4, 0.5) is 0 Å². The summed E-state index contributed by atoms with van der Waals surface area (Å²) in [5.74, 6) is 0. The first-order valence-corrected chi connectivity index (χ1v) is 2.01. The van der Waals surface area contributed by atoms with Crippen LogP contribution in [0.3, 0.4) is 0 Å². The van der Waals surface area contributed by atoms with Crippen LogP contribution in [0.15, 0.2) is 12.8 Å². The van der Waals surface area contributed by atoms with E-state index >= 15 is 0 Å². The highest BCUT2D eigenvalue weighted by Gasteiger charge is 1.75. The zero-order chi connectivity index (χ0) is 5.54. The second-order valence-corrected chi connectivity index (χ2v) is 0.946. The van der Waals surface area contributed by atoms with Crippen LogP contribution in [0.5, 0.6) is 0 Å². The van der Waals surface area contributed by atoms with Crippen molar-refractivity contribution in [2.45, 2.75) is 0 Å². The van der Waals surface area contributed by atoms with Gasteiger partial charge in [0.05, 0.1) is 20.0 Å². The first kappa shape index (κ1) is 6.50. The number of hydrogen-bond acceptors (Lipinski definition) is 2. The zero-order valence-corrected chi connectivity index (χ0v) is 4.22. The summed E-state index contributed by atoms with van der Waals surface area (Å²) in [6.07, 6.45) is 1.37. The molecule has 0 aromatic rings. The van der Waals surface area contributed by atoms with Gasteiger partial charge in [0.2, 0.25) is 0 Å². The topological polar surface area (TPSA) is 18.5 Å². The van der Waals surface area contributed by atoms with E-state index in [2.05, 4.69) is 23.2 Å². The monoisotopic (exact) mass is 101 g/mol. The molecule has 0 aliphatic carbocycles. The Hall–Kier alpha value is -0.500. The van der Waals surface area contributed by atoms with E-state index in [-0.39, 0.29) is 0 Å². The first-order chi connectivity index (χ1) is 3.41. The molecule has 0 fully saturated rings. The lowest BCUT2D eigenvalue weighted by Gasteiger charge is -1.94. The molecule has 0 saturated carbocycles. The summed E-state index contributed by atoms with van der Waals surface area (Å²) in [7, 11) is 3.14. The maximum Gasteiger partial charge on any atom is 0.111 e. The summed E-state index contributed by atoms with van der Waals surface area (Å²) >= 11 is 0. The molecule has 2 nitrogen and oxygen atoms in total.